The third-order valence-corrected chi connectivity index (χ3v) is 4.32. The first-order valence-electron chi connectivity index (χ1n) is 9.61. The van der Waals surface area contributed by atoms with Gasteiger partial charge in [-0.25, -0.2) is 4.39 Å². The number of ether oxygens (including phenoxy) is 1. The summed E-state index contributed by atoms with van der Waals surface area (Å²) in [5.74, 6) is 1.26. The Morgan fingerprint density at radius 1 is 1.10 bits per heavy atom. The molecule has 0 amide bonds. The Kier molecular flexibility index (Phi) is 7.63. The van der Waals surface area contributed by atoms with E-state index < -0.39 is 0 Å². The average molecular weight is 395 g/mol. The van der Waals surface area contributed by atoms with Gasteiger partial charge in [0.2, 0.25) is 0 Å². The van der Waals surface area contributed by atoms with Crippen LogP contribution in [0.3, 0.4) is 0 Å². The Bertz CT molecular complexity index is 894. The summed E-state index contributed by atoms with van der Waals surface area (Å²) >= 11 is 0. The zero-order chi connectivity index (χ0) is 20.3. The molecule has 0 saturated carbocycles. The second-order valence-electron chi connectivity index (χ2n) is 6.54. The van der Waals surface area contributed by atoms with Gasteiger partial charge in [-0.3, -0.25) is 9.67 Å². The number of benzene rings is 2. The van der Waals surface area contributed by atoms with Crippen molar-refractivity contribution in [2.24, 2.45) is 4.99 Å². The monoisotopic (exact) mass is 395 g/mol. The highest BCUT2D eigenvalue weighted by Gasteiger charge is 2.01. The number of aromatic nitrogens is 2. The number of aryl methyl sites for hydroxylation is 1. The van der Waals surface area contributed by atoms with Crippen molar-refractivity contribution in [3.63, 3.8) is 0 Å². The first-order valence-corrected chi connectivity index (χ1v) is 9.61. The molecule has 152 valence electrons. The lowest BCUT2D eigenvalue weighted by atomic mass is 10.2. The number of guanidine groups is 1. The van der Waals surface area contributed by atoms with Crippen molar-refractivity contribution in [3.05, 3.63) is 83.9 Å². The van der Waals surface area contributed by atoms with E-state index in [1.807, 2.05) is 47.3 Å². The molecule has 6 nitrogen and oxygen atoms in total. The molecule has 1 heterocycles. The molecule has 2 N–H and O–H groups in total. The van der Waals surface area contributed by atoms with Crippen LogP contribution in [0.1, 0.15) is 17.5 Å². The Labute approximate surface area is 170 Å². The van der Waals surface area contributed by atoms with E-state index in [1.165, 1.54) is 12.1 Å². The molecule has 3 rings (SSSR count). The van der Waals surface area contributed by atoms with Crippen LogP contribution in [0.4, 0.5) is 4.39 Å². The minimum Gasteiger partial charge on any atom is -0.489 e. The first-order chi connectivity index (χ1) is 14.2. The number of halogens is 1. The molecule has 0 atom stereocenters. The van der Waals surface area contributed by atoms with E-state index in [0.717, 1.165) is 42.3 Å². The quantitative estimate of drug-likeness (QED) is 0.331. The van der Waals surface area contributed by atoms with Gasteiger partial charge in [0.15, 0.2) is 5.96 Å². The number of hydrogen-bond donors (Lipinski definition) is 2. The number of aliphatic imine (C=N–C) groups is 1. The smallest absolute Gasteiger partial charge is 0.191 e. The Morgan fingerprint density at radius 3 is 2.69 bits per heavy atom. The summed E-state index contributed by atoms with van der Waals surface area (Å²) in [6.45, 7) is 2.67. The summed E-state index contributed by atoms with van der Waals surface area (Å²) in [6, 6.07) is 16.2. The molecule has 3 aromatic rings. The number of hydrogen-bond acceptors (Lipinski definition) is 3. The second-order valence-corrected chi connectivity index (χ2v) is 6.54. The van der Waals surface area contributed by atoms with Crippen LogP contribution in [0, 0.1) is 5.82 Å². The van der Waals surface area contributed by atoms with Gasteiger partial charge in [0.25, 0.3) is 0 Å². The average Bonchev–Trinajstić information content (AvgIpc) is 3.26. The van der Waals surface area contributed by atoms with Crippen molar-refractivity contribution in [1.29, 1.82) is 0 Å². The summed E-state index contributed by atoms with van der Waals surface area (Å²) in [7, 11) is 1.76. The topological polar surface area (TPSA) is 63.5 Å². The van der Waals surface area contributed by atoms with E-state index in [0.29, 0.717) is 13.2 Å². The van der Waals surface area contributed by atoms with Crippen molar-refractivity contribution >= 4 is 5.96 Å². The summed E-state index contributed by atoms with van der Waals surface area (Å²) < 4.78 is 20.8. The molecule has 7 heteroatoms. The van der Waals surface area contributed by atoms with Crippen molar-refractivity contribution in [2.75, 3.05) is 13.6 Å². The molecule has 0 spiro atoms. The van der Waals surface area contributed by atoms with Crippen LogP contribution in [-0.2, 0) is 19.7 Å². The first kappa shape index (κ1) is 20.4. The van der Waals surface area contributed by atoms with Crippen LogP contribution in [0.2, 0.25) is 0 Å². The molecule has 2 aromatic carbocycles. The Morgan fingerprint density at radius 2 is 1.97 bits per heavy atom. The molecule has 0 aliphatic carbocycles. The molecule has 0 aliphatic heterocycles. The normalized spacial score (nSPS) is 11.3. The van der Waals surface area contributed by atoms with Crippen LogP contribution in [-0.4, -0.2) is 29.3 Å². The third-order valence-electron chi connectivity index (χ3n) is 4.32. The van der Waals surface area contributed by atoms with Crippen molar-refractivity contribution < 1.29 is 9.13 Å². The minimum atomic E-state index is -0.254. The molecule has 0 radical (unpaired) electrons. The van der Waals surface area contributed by atoms with Crippen LogP contribution in [0.15, 0.2) is 72.0 Å². The second kappa shape index (κ2) is 10.8. The zero-order valence-corrected chi connectivity index (χ0v) is 16.5. The maximum absolute atomic E-state index is 13.2. The molecule has 0 unspecified atom stereocenters. The predicted octanol–water partition coefficient (Wildman–Crippen LogP) is 3.36. The fourth-order valence-electron chi connectivity index (χ4n) is 2.78. The predicted molar refractivity (Wildman–Crippen MR) is 112 cm³/mol. The van der Waals surface area contributed by atoms with Crippen LogP contribution in [0.25, 0.3) is 0 Å². The number of rotatable bonds is 9. The lowest BCUT2D eigenvalue weighted by Gasteiger charge is -2.12. The molecule has 0 saturated heterocycles. The Balaban J connectivity index is 1.38. The summed E-state index contributed by atoms with van der Waals surface area (Å²) in [5, 5.41) is 10.8. The number of nitrogens with one attached hydrogen (secondary N) is 2. The molecule has 0 aliphatic rings. The Hall–Kier alpha value is -3.35. The van der Waals surface area contributed by atoms with Crippen molar-refractivity contribution in [3.8, 4) is 5.75 Å². The highest BCUT2D eigenvalue weighted by atomic mass is 19.1. The van der Waals surface area contributed by atoms with Gasteiger partial charge < -0.3 is 15.4 Å². The standard InChI is InChI=1S/C22H26FN5O/c1-24-22(25-11-3-13-28-14-4-12-27-28)26-16-18-7-9-21(10-8-18)29-17-19-5-2-6-20(23)15-19/h2,4-10,12,14-15H,3,11,13,16-17H2,1H3,(H2,24,25,26). The van der Waals surface area contributed by atoms with Gasteiger partial charge in [0, 0.05) is 39.1 Å². The summed E-state index contributed by atoms with van der Waals surface area (Å²) in [4.78, 5) is 4.24. The minimum absolute atomic E-state index is 0.254. The van der Waals surface area contributed by atoms with Crippen molar-refractivity contribution in [1.82, 2.24) is 20.4 Å². The lowest BCUT2D eigenvalue weighted by Crippen LogP contribution is -2.37. The summed E-state index contributed by atoms with van der Waals surface area (Å²) in [5.41, 5.74) is 1.92. The highest BCUT2D eigenvalue weighted by Crippen LogP contribution is 2.14. The van der Waals surface area contributed by atoms with Crippen LogP contribution in [0.5, 0.6) is 5.75 Å². The van der Waals surface area contributed by atoms with E-state index in [9.17, 15) is 4.39 Å². The van der Waals surface area contributed by atoms with E-state index >= 15 is 0 Å². The van der Waals surface area contributed by atoms with Crippen molar-refractivity contribution in [2.45, 2.75) is 26.1 Å². The zero-order valence-electron chi connectivity index (χ0n) is 16.5. The fraction of sp³-hybridized carbons (Fsp3) is 0.273. The highest BCUT2D eigenvalue weighted by molar-refractivity contribution is 5.79. The molecule has 29 heavy (non-hydrogen) atoms. The molecule has 0 bridgehead atoms. The largest absolute Gasteiger partial charge is 0.489 e. The molecular formula is C22H26FN5O. The van der Waals surface area contributed by atoms with Gasteiger partial charge in [-0.05, 0) is 47.9 Å². The van der Waals surface area contributed by atoms with Gasteiger partial charge in [-0.1, -0.05) is 24.3 Å². The number of nitrogens with zero attached hydrogens (tertiary/aromatic N) is 3. The molecule has 1 aromatic heterocycles. The van der Waals surface area contributed by atoms with Gasteiger partial charge in [0.1, 0.15) is 18.2 Å². The third kappa shape index (κ3) is 6.95. The van der Waals surface area contributed by atoms with Gasteiger partial charge in [0.05, 0.1) is 0 Å². The maximum atomic E-state index is 13.2. The summed E-state index contributed by atoms with van der Waals surface area (Å²) in [6.07, 6.45) is 4.70. The van der Waals surface area contributed by atoms with Crippen LogP contribution >= 0.6 is 0 Å². The maximum Gasteiger partial charge on any atom is 0.191 e. The van der Waals surface area contributed by atoms with E-state index in [-0.39, 0.29) is 5.82 Å². The molecule has 0 fully saturated rings. The SMILES string of the molecule is CN=C(NCCCn1cccn1)NCc1ccc(OCc2cccc(F)c2)cc1. The lowest BCUT2D eigenvalue weighted by molar-refractivity contribution is 0.305. The molecular weight excluding hydrogens is 369 g/mol. The fourth-order valence-corrected chi connectivity index (χ4v) is 2.78. The van der Waals surface area contributed by atoms with Crippen LogP contribution < -0.4 is 15.4 Å². The van der Waals surface area contributed by atoms with Gasteiger partial charge in [-0.2, -0.15) is 5.10 Å². The van der Waals surface area contributed by atoms with Gasteiger partial charge >= 0.3 is 0 Å². The van der Waals surface area contributed by atoms with E-state index in [1.54, 1.807) is 19.3 Å². The van der Waals surface area contributed by atoms with E-state index in [2.05, 4.69) is 20.7 Å². The van der Waals surface area contributed by atoms with E-state index in [4.69, 9.17) is 4.74 Å². The van der Waals surface area contributed by atoms with Gasteiger partial charge in [-0.15, -0.1) is 0 Å².